The highest BCUT2D eigenvalue weighted by molar-refractivity contribution is 6.02. The summed E-state index contributed by atoms with van der Waals surface area (Å²) < 4.78 is 38.0. The number of piperazine rings is 1. The van der Waals surface area contributed by atoms with Gasteiger partial charge in [-0.05, 0) is 92.3 Å². The zero-order valence-electron chi connectivity index (χ0n) is 33.9. The molecule has 2 aromatic carbocycles. The molecule has 15 nitrogen and oxygen atoms in total. The van der Waals surface area contributed by atoms with E-state index < -0.39 is 11.7 Å². The van der Waals surface area contributed by atoms with Gasteiger partial charge < -0.3 is 34.7 Å². The van der Waals surface area contributed by atoms with Gasteiger partial charge in [-0.25, -0.2) is 9.97 Å². The third-order valence-electron chi connectivity index (χ3n) is 11.2. The summed E-state index contributed by atoms with van der Waals surface area (Å²) in [4.78, 5) is 76.4. The highest BCUT2D eigenvalue weighted by atomic mass is 19.3. The number of nitrogens with zero attached hydrogens (tertiary/aromatic N) is 5. The summed E-state index contributed by atoms with van der Waals surface area (Å²) in [6, 6.07) is 18.4. The number of hydrogen-bond acceptors (Lipinski definition) is 9. The van der Waals surface area contributed by atoms with Crippen molar-refractivity contribution in [3.63, 3.8) is 0 Å². The molecule has 0 atom stereocenters. The van der Waals surface area contributed by atoms with E-state index in [0.717, 1.165) is 31.2 Å². The number of rotatable bonds is 15. The summed E-state index contributed by atoms with van der Waals surface area (Å²) in [5.74, 6) is -0.730. The van der Waals surface area contributed by atoms with Crippen LogP contribution in [0.3, 0.4) is 0 Å². The molecule has 5 amide bonds. The quantitative estimate of drug-likeness (QED) is 0.0872. The van der Waals surface area contributed by atoms with Gasteiger partial charge in [0, 0.05) is 43.5 Å². The van der Waals surface area contributed by atoms with Crippen molar-refractivity contribution in [2.45, 2.75) is 57.2 Å². The van der Waals surface area contributed by atoms with Gasteiger partial charge in [0.05, 0.1) is 22.9 Å². The van der Waals surface area contributed by atoms with Crippen molar-refractivity contribution in [3.05, 3.63) is 114 Å². The molecule has 0 bridgehead atoms. The van der Waals surface area contributed by atoms with Crippen molar-refractivity contribution < 1.29 is 42.2 Å². The summed E-state index contributed by atoms with van der Waals surface area (Å²) in [5.41, 5.74) is 3.28. The van der Waals surface area contributed by atoms with Gasteiger partial charge in [-0.3, -0.25) is 28.9 Å². The minimum Gasteiger partial charge on any atom is -0.395 e. The minimum absolute atomic E-state index is 0.0518. The van der Waals surface area contributed by atoms with E-state index >= 15 is 0 Å². The van der Waals surface area contributed by atoms with E-state index in [0.29, 0.717) is 84.3 Å². The first-order chi connectivity index (χ1) is 29.8. The molecule has 8 rings (SSSR count). The number of alkyl halides is 2. The van der Waals surface area contributed by atoms with Crippen molar-refractivity contribution in [2.75, 3.05) is 42.9 Å². The molecule has 17 heteroatoms. The normalized spacial score (nSPS) is 15.9. The summed E-state index contributed by atoms with van der Waals surface area (Å²) in [6.07, 6.45) is 5.08. The number of aryl methyl sites for hydroxylation is 1. The van der Waals surface area contributed by atoms with Crippen molar-refractivity contribution in [1.29, 1.82) is 0 Å². The van der Waals surface area contributed by atoms with Gasteiger partial charge in [-0.2, -0.15) is 0 Å². The highest BCUT2D eigenvalue weighted by Gasteiger charge is 2.53. The van der Waals surface area contributed by atoms with Crippen LogP contribution in [0.4, 0.5) is 20.4 Å². The van der Waals surface area contributed by atoms with E-state index in [-0.39, 0.29) is 47.6 Å². The number of carbonyl (C=O) groups excluding carboxylic acids is 5. The van der Waals surface area contributed by atoms with Crippen molar-refractivity contribution in [3.8, 4) is 22.8 Å². The predicted octanol–water partition coefficient (Wildman–Crippen LogP) is 5.78. The van der Waals surface area contributed by atoms with Crippen LogP contribution in [0, 0.1) is 6.92 Å². The van der Waals surface area contributed by atoms with Crippen LogP contribution in [0.5, 0.6) is 11.5 Å². The van der Waals surface area contributed by atoms with Gasteiger partial charge in [0.1, 0.15) is 18.0 Å². The Bertz CT molecular complexity index is 2610. The Hall–Kier alpha value is -7.17. The van der Waals surface area contributed by atoms with Crippen LogP contribution in [0.2, 0.25) is 0 Å². The number of nitrogens with one attached hydrogen (secondary N) is 3. The molecular weight excluding hydrogens is 803 g/mol. The zero-order chi connectivity index (χ0) is 43.6. The van der Waals surface area contributed by atoms with E-state index in [1.54, 1.807) is 59.3 Å². The van der Waals surface area contributed by atoms with Crippen LogP contribution >= 0.6 is 0 Å². The lowest BCUT2D eigenvalue weighted by atomic mass is 9.94. The Labute approximate surface area is 355 Å². The maximum absolute atomic E-state index is 13.6. The lowest BCUT2D eigenvalue weighted by Gasteiger charge is -2.32. The Kier molecular flexibility index (Phi) is 11.4. The number of fused-ring (bicyclic) bond motifs is 2. The molecule has 3 aliphatic rings. The molecule has 62 heavy (non-hydrogen) atoms. The molecule has 3 N–H and O–H groups in total. The van der Waals surface area contributed by atoms with E-state index in [1.165, 1.54) is 28.0 Å². The fourth-order valence-corrected chi connectivity index (χ4v) is 7.64. The topological polar surface area (TPSA) is 177 Å². The number of ether oxygens (including phenoxy) is 2. The first kappa shape index (κ1) is 41.6. The number of benzene rings is 2. The highest BCUT2D eigenvalue weighted by Crippen LogP contribution is 2.52. The van der Waals surface area contributed by atoms with E-state index in [9.17, 15) is 32.8 Å². The molecule has 0 unspecified atom stereocenters. The fourth-order valence-electron chi connectivity index (χ4n) is 7.64. The third-order valence-corrected chi connectivity index (χ3v) is 11.2. The SMILES string of the molecule is C=CC(=O)N1CCN(c2cn3cc(C(=O)NCCCCCCNC(=O)c4cccc(-c5nc(NC(=O)C6(c7ccc8c(c7)OC(F)(F)O8)CC6)ccc5C)c4)ccc3n2)C(=O)C1. The second-order valence-corrected chi connectivity index (χ2v) is 15.5. The molecule has 3 aromatic heterocycles. The summed E-state index contributed by atoms with van der Waals surface area (Å²) in [6.45, 7) is 6.95. The molecule has 0 spiro atoms. The van der Waals surface area contributed by atoms with Crippen LogP contribution in [0.15, 0.2) is 91.8 Å². The van der Waals surface area contributed by atoms with Gasteiger partial charge in [-0.15, -0.1) is 8.78 Å². The number of amides is 5. The molecule has 320 valence electrons. The lowest BCUT2D eigenvalue weighted by molar-refractivity contribution is -0.286. The number of aromatic nitrogens is 3. The molecule has 5 aromatic rings. The standard InChI is InChI=1S/C45H44F2N8O7/c1-3-38(56)53-21-22-55(39(57)27-53)37-26-54-25-31(12-16-36(54)52-37)42(59)49-20-7-5-4-6-19-48-41(58)30-10-8-9-29(23-30)40-28(2)11-15-35(50-40)51-43(60)44(17-18-44)32-13-14-33-34(24-32)62-45(46,47)61-33/h3,8-16,23-26H,1,4-7,17-22,27H2,2H3,(H,48,58)(H,49,59)(H,50,51,60). The number of unbranched alkanes of at least 4 members (excludes halogenated alkanes) is 3. The van der Waals surface area contributed by atoms with Gasteiger partial charge in [0.15, 0.2) is 17.3 Å². The van der Waals surface area contributed by atoms with Crippen molar-refractivity contribution in [2.24, 2.45) is 0 Å². The average Bonchev–Trinajstić information content (AvgIpc) is 3.87. The molecule has 5 heterocycles. The minimum atomic E-state index is -3.75. The Morgan fingerprint density at radius 1 is 0.839 bits per heavy atom. The molecule has 2 aliphatic heterocycles. The average molecular weight is 847 g/mol. The number of carbonyl (C=O) groups is 5. The maximum atomic E-state index is 13.6. The maximum Gasteiger partial charge on any atom is 0.586 e. The number of hydrogen-bond donors (Lipinski definition) is 3. The molecular formula is C45H44F2N8O7. The van der Waals surface area contributed by atoms with Crippen LogP contribution in [0.25, 0.3) is 16.9 Å². The van der Waals surface area contributed by atoms with Crippen LogP contribution in [0.1, 0.15) is 70.4 Å². The Balaban J connectivity index is 0.768. The summed E-state index contributed by atoms with van der Waals surface area (Å²) >= 11 is 0. The van der Waals surface area contributed by atoms with Crippen molar-refractivity contribution >= 4 is 46.8 Å². The van der Waals surface area contributed by atoms with E-state index in [4.69, 9.17) is 4.98 Å². The molecule has 1 aliphatic carbocycles. The van der Waals surface area contributed by atoms with Crippen LogP contribution < -0.4 is 30.3 Å². The Morgan fingerprint density at radius 2 is 1.58 bits per heavy atom. The number of pyridine rings is 2. The molecule has 1 saturated heterocycles. The largest absolute Gasteiger partial charge is 0.586 e. The van der Waals surface area contributed by atoms with Gasteiger partial charge in [-0.1, -0.05) is 43.7 Å². The fraction of sp³-hybridized carbons (Fsp3) is 0.311. The zero-order valence-corrected chi connectivity index (χ0v) is 33.9. The first-order valence-corrected chi connectivity index (χ1v) is 20.4. The molecule has 0 radical (unpaired) electrons. The summed E-state index contributed by atoms with van der Waals surface area (Å²) in [5, 5.41) is 8.82. The molecule has 1 saturated carbocycles. The van der Waals surface area contributed by atoms with E-state index in [1.807, 2.05) is 19.1 Å². The number of imidazole rings is 1. The van der Waals surface area contributed by atoms with Gasteiger partial charge >= 0.3 is 6.29 Å². The smallest absolute Gasteiger partial charge is 0.395 e. The van der Waals surface area contributed by atoms with Gasteiger partial charge in [0.2, 0.25) is 17.7 Å². The second-order valence-electron chi connectivity index (χ2n) is 15.5. The first-order valence-electron chi connectivity index (χ1n) is 20.4. The molecule has 2 fully saturated rings. The Morgan fingerprint density at radius 3 is 2.31 bits per heavy atom. The third kappa shape index (κ3) is 8.82. The second kappa shape index (κ2) is 17.1. The van der Waals surface area contributed by atoms with Crippen LogP contribution in [-0.2, 0) is 19.8 Å². The summed E-state index contributed by atoms with van der Waals surface area (Å²) in [7, 11) is 0. The number of halogens is 2. The number of anilines is 2. The van der Waals surface area contributed by atoms with E-state index in [2.05, 4.69) is 37.0 Å². The lowest BCUT2D eigenvalue weighted by Crippen LogP contribution is -2.52. The van der Waals surface area contributed by atoms with Gasteiger partial charge in [0.25, 0.3) is 11.8 Å². The predicted molar refractivity (Wildman–Crippen MR) is 224 cm³/mol. The van der Waals surface area contributed by atoms with Crippen LogP contribution in [-0.4, -0.2) is 87.8 Å². The van der Waals surface area contributed by atoms with Crippen molar-refractivity contribution in [1.82, 2.24) is 29.9 Å². The monoisotopic (exact) mass is 846 g/mol.